The van der Waals surface area contributed by atoms with Gasteiger partial charge in [0, 0.05) is 10.7 Å². The van der Waals surface area contributed by atoms with Gasteiger partial charge in [-0.3, -0.25) is 4.98 Å². The molecule has 5 heteroatoms. The van der Waals surface area contributed by atoms with Crippen LogP contribution in [0.1, 0.15) is 18.2 Å². The van der Waals surface area contributed by atoms with Crippen molar-refractivity contribution in [2.24, 2.45) is 0 Å². The monoisotopic (exact) mass is 274 g/mol. The van der Waals surface area contributed by atoms with Gasteiger partial charge in [0.2, 0.25) is 0 Å². The molecule has 0 aliphatic rings. The van der Waals surface area contributed by atoms with Crippen molar-refractivity contribution >= 4 is 15.9 Å². The number of nitrogens with zero attached hydrogens (tertiary/aromatic N) is 1. The number of rotatable bonds is 5. The van der Waals surface area contributed by atoms with Crippen LogP contribution in [0.25, 0.3) is 0 Å². The van der Waals surface area contributed by atoms with Gasteiger partial charge in [-0.15, -0.1) is 0 Å². The highest BCUT2D eigenvalue weighted by molar-refractivity contribution is 9.10. The summed E-state index contributed by atoms with van der Waals surface area (Å²) in [6.45, 7) is 0.661. The van der Waals surface area contributed by atoms with Gasteiger partial charge in [0.15, 0.2) is 0 Å². The number of aromatic nitrogens is 1. The van der Waals surface area contributed by atoms with Gasteiger partial charge in [-0.05, 0) is 48.1 Å². The molecule has 2 unspecified atom stereocenters. The van der Waals surface area contributed by atoms with E-state index in [2.05, 4.69) is 26.2 Å². The van der Waals surface area contributed by atoms with Crippen LogP contribution >= 0.6 is 15.9 Å². The lowest BCUT2D eigenvalue weighted by atomic mass is 10.1. The Hall–Kier alpha value is -0.490. The molecule has 15 heavy (non-hydrogen) atoms. The summed E-state index contributed by atoms with van der Waals surface area (Å²) in [6, 6.07) is 3.48. The molecule has 0 amide bonds. The molecular weight excluding hydrogens is 260 g/mol. The second-order valence-corrected chi connectivity index (χ2v) is 4.22. The van der Waals surface area contributed by atoms with Crippen molar-refractivity contribution in [2.45, 2.75) is 18.6 Å². The van der Waals surface area contributed by atoms with E-state index >= 15 is 0 Å². The topological polar surface area (TPSA) is 65.4 Å². The molecule has 0 bridgehead atoms. The van der Waals surface area contributed by atoms with Crippen molar-refractivity contribution in [3.63, 3.8) is 0 Å². The number of aliphatic hydroxyl groups excluding tert-OH is 2. The average molecular weight is 275 g/mol. The molecule has 0 radical (unpaired) electrons. The van der Waals surface area contributed by atoms with Crippen LogP contribution in [0.2, 0.25) is 0 Å². The molecule has 84 valence electrons. The number of pyridine rings is 1. The van der Waals surface area contributed by atoms with Crippen LogP contribution in [0.15, 0.2) is 22.8 Å². The molecule has 1 rings (SSSR count). The fourth-order valence-corrected chi connectivity index (χ4v) is 1.44. The number of hydrogen-bond acceptors (Lipinski definition) is 4. The second-order valence-electron chi connectivity index (χ2n) is 3.31. The van der Waals surface area contributed by atoms with Gasteiger partial charge >= 0.3 is 0 Å². The summed E-state index contributed by atoms with van der Waals surface area (Å²) >= 11 is 3.26. The molecular formula is C10H15BrN2O2. The summed E-state index contributed by atoms with van der Waals surface area (Å²) in [5.74, 6) is 0. The summed E-state index contributed by atoms with van der Waals surface area (Å²) in [5.41, 5.74) is 0.488. The predicted octanol–water partition coefficient (Wildman–Crippen LogP) is 0.848. The van der Waals surface area contributed by atoms with Crippen LogP contribution in [0, 0.1) is 0 Å². The van der Waals surface area contributed by atoms with Crippen LogP contribution in [-0.4, -0.2) is 34.9 Å². The smallest absolute Gasteiger partial charge is 0.122 e. The van der Waals surface area contributed by atoms with Crippen LogP contribution in [0.4, 0.5) is 0 Å². The van der Waals surface area contributed by atoms with E-state index in [1.54, 1.807) is 25.4 Å². The molecule has 3 N–H and O–H groups in total. The van der Waals surface area contributed by atoms with E-state index in [0.29, 0.717) is 18.7 Å². The first-order valence-corrected chi connectivity index (χ1v) is 5.56. The number of aliphatic hydroxyl groups is 2. The van der Waals surface area contributed by atoms with E-state index in [0.717, 1.165) is 4.47 Å². The van der Waals surface area contributed by atoms with Gasteiger partial charge in [-0.1, -0.05) is 0 Å². The van der Waals surface area contributed by atoms with Crippen molar-refractivity contribution in [2.75, 3.05) is 13.6 Å². The lowest BCUT2D eigenvalue weighted by Gasteiger charge is -2.16. The standard InChI is InChI=1S/C10H15BrN2O2/c1-12-5-4-9(14)10(15)8-3-2-7(11)6-13-8/h2-3,6,9-10,12,14-15H,4-5H2,1H3. The van der Waals surface area contributed by atoms with Gasteiger partial charge in [-0.25, -0.2) is 0 Å². The molecule has 4 nitrogen and oxygen atoms in total. The molecule has 0 saturated heterocycles. The van der Waals surface area contributed by atoms with Crippen molar-refractivity contribution in [1.82, 2.24) is 10.3 Å². The Kier molecular flexibility index (Phi) is 5.17. The number of hydrogen-bond donors (Lipinski definition) is 3. The van der Waals surface area contributed by atoms with Crippen molar-refractivity contribution in [3.8, 4) is 0 Å². The minimum absolute atomic E-state index is 0.488. The first-order valence-electron chi connectivity index (χ1n) is 4.77. The van der Waals surface area contributed by atoms with E-state index in [1.165, 1.54) is 0 Å². The van der Waals surface area contributed by atoms with Gasteiger partial charge in [0.25, 0.3) is 0 Å². The van der Waals surface area contributed by atoms with Crippen LogP contribution in [-0.2, 0) is 0 Å². The summed E-state index contributed by atoms with van der Waals surface area (Å²) in [7, 11) is 1.80. The number of nitrogens with one attached hydrogen (secondary N) is 1. The van der Waals surface area contributed by atoms with Crippen LogP contribution in [0.3, 0.4) is 0 Å². The highest BCUT2D eigenvalue weighted by Crippen LogP contribution is 2.18. The van der Waals surface area contributed by atoms with Gasteiger partial charge in [-0.2, -0.15) is 0 Å². The Bertz CT molecular complexity index is 292. The third-order valence-electron chi connectivity index (χ3n) is 2.11. The summed E-state index contributed by atoms with van der Waals surface area (Å²) in [6.07, 6.45) is 0.385. The molecule has 0 saturated carbocycles. The first kappa shape index (κ1) is 12.6. The first-order chi connectivity index (χ1) is 7.15. The Balaban J connectivity index is 2.59. The van der Waals surface area contributed by atoms with E-state index in [4.69, 9.17) is 0 Å². The van der Waals surface area contributed by atoms with Gasteiger partial charge < -0.3 is 15.5 Å². The molecule has 0 aliphatic carbocycles. The molecule has 1 aromatic heterocycles. The fraction of sp³-hybridized carbons (Fsp3) is 0.500. The zero-order valence-electron chi connectivity index (χ0n) is 8.52. The SMILES string of the molecule is CNCCC(O)C(O)c1ccc(Br)cn1. The van der Waals surface area contributed by atoms with E-state index < -0.39 is 12.2 Å². The van der Waals surface area contributed by atoms with Crippen LogP contribution < -0.4 is 5.32 Å². The maximum Gasteiger partial charge on any atom is 0.122 e. The molecule has 0 aromatic carbocycles. The fourth-order valence-electron chi connectivity index (χ4n) is 1.21. The summed E-state index contributed by atoms with van der Waals surface area (Å²) < 4.78 is 0.850. The highest BCUT2D eigenvalue weighted by atomic mass is 79.9. The van der Waals surface area contributed by atoms with E-state index in [9.17, 15) is 10.2 Å². The Morgan fingerprint density at radius 2 is 2.20 bits per heavy atom. The Morgan fingerprint density at radius 3 is 2.73 bits per heavy atom. The van der Waals surface area contributed by atoms with Crippen LogP contribution in [0.5, 0.6) is 0 Å². The minimum Gasteiger partial charge on any atom is -0.390 e. The van der Waals surface area contributed by atoms with Crippen molar-refractivity contribution < 1.29 is 10.2 Å². The molecule has 0 fully saturated rings. The third kappa shape index (κ3) is 3.87. The molecule has 1 aromatic rings. The second kappa shape index (κ2) is 6.17. The van der Waals surface area contributed by atoms with Crippen molar-refractivity contribution in [1.29, 1.82) is 0 Å². The number of halogens is 1. The lowest BCUT2D eigenvalue weighted by molar-refractivity contribution is 0.0115. The quantitative estimate of drug-likeness (QED) is 0.745. The summed E-state index contributed by atoms with van der Waals surface area (Å²) in [5, 5.41) is 22.3. The average Bonchev–Trinajstić information content (AvgIpc) is 2.26. The van der Waals surface area contributed by atoms with E-state index in [-0.39, 0.29) is 0 Å². The third-order valence-corrected chi connectivity index (χ3v) is 2.58. The Labute approximate surface area is 97.5 Å². The van der Waals surface area contributed by atoms with Gasteiger partial charge in [0.05, 0.1) is 11.8 Å². The summed E-state index contributed by atoms with van der Waals surface area (Å²) in [4.78, 5) is 4.03. The largest absolute Gasteiger partial charge is 0.390 e. The molecule has 1 heterocycles. The minimum atomic E-state index is -0.925. The molecule has 0 spiro atoms. The Morgan fingerprint density at radius 1 is 1.47 bits per heavy atom. The normalized spacial score (nSPS) is 14.9. The van der Waals surface area contributed by atoms with Crippen molar-refractivity contribution in [3.05, 3.63) is 28.5 Å². The van der Waals surface area contributed by atoms with Gasteiger partial charge in [0.1, 0.15) is 6.10 Å². The zero-order chi connectivity index (χ0) is 11.3. The lowest BCUT2D eigenvalue weighted by Crippen LogP contribution is -2.23. The van der Waals surface area contributed by atoms with E-state index in [1.807, 2.05) is 0 Å². The highest BCUT2D eigenvalue weighted by Gasteiger charge is 2.18. The molecule has 2 atom stereocenters. The maximum absolute atomic E-state index is 9.75. The zero-order valence-corrected chi connectivity index (χ0v) is 10.1. The molecule has 0 aliphatic heterocycles. The maximum atomic E-state index is 9.75. The predicted molar refractivity (Wildman–Crippen MR) is 61.4 cm³/mol.